The minimum atomic E-state index is -4.15. The van der Waals surface area contributed by atoms with Crippen LogP contribution in [0.5, 0.6) is 0 Å². The summed E-state index contributed by atoms with van der Waals surface area (Å²) >= 11 is 6.27. The first-order chi connectivity index (χ1) is 18.5. The van der Waals surface area contributed by atoms with E-state index in [-0.39, 0.29) is 17.3 Å². The summed E-state index contributed by atoms with van der Waals surface area (Å²) in [7, 11) is -4.15. The zero-order valence-corrected chi connectivity index (χ0v) is 24.4. The third kappa shape index (κ3) is 7.83. The van der Waals surface area contributed by atoms with Crippen LogP contribution in [0.25, 0.3) is 0 Å². The quantitative estimate of drug-likeness (QED) is 0.292. The van der Waals surface area contributed by atoms with E-state index in [0.29, 0.717) is 22.8 Å². The third-order valence-corrected chi connectivity index (χ3v) is 8.53. The Morgan fingerprint density at radius 3 is 2.28 bits per heavy atom. The first kappa shape index (κ1) is 30.2. The largest absolute Gasteiger partial charge is 0.354 e. The van der Waals surface area contributed by atoms with Gasteiger partial charge >= 0.3 is 0 Å². The summed E-state index contributed by atoms with van der Waals surface area (Å²) in [5.41, 5.74) is 2.68. The molecule has 3 rings (SSSR count). The van der Waals surface area contributed by atoms with Gasteiger partial charge in [0.15, 0.2) is 0 Å². The number of amides is 2. The molecule has 0 bridgehead atoms. The number of carbonyl (C=O) groups excluding carboxylic acids is 2. The molecule has 0 heterocycles. The van der Waals surface area contributed by atoms with Gasteiger partial charge in [-0.25, -0.2) is 8.42 Å². The van der Waals surface area contributed by atoms with Gasteiger partial charge in [-0.15, -0.1) is 0 Å². The van der Waals surface area contributed by atoms with Gasteiger partial charge < -0.3 is 10.2 Å². The number of benzene rings is 3. The lowest BCUT2D eigenvalue weighted by Gasteiger charge is -2.32. The van der Waals surface area contributed by atoms with Crippen molar-refractivity contribution in [2.24, 2.45) is 0 Å². The fraction of sp³-hybridized carbons (Fsp3) is 0.333. The molecule has 2 amide bonds. The van der Waals surface area contributed by atoms with Gasteiger partial charge in [0.1, 0.15) is 12.6 Å². The standard InChI is InChI=1S/C30H36ClN3O4S/c1-5-6-18-32-30(36)24(4)33(20-25-10-8-7-9-11-25)29(35)21-34(28-19-26(31)15-14-23(28)3)39(37,38)27-16-12-22(2)13-17-27/h7-17,19,24H,5-6,18,20-21H2,1-4H3,(H,32,36)/t24-/m1/s1. The predicted octanol–water partition coefficient (Wildman–Crippen LogP) is 5.49. The van der Waals surface area contributed by atoms with Crippen molar-refractivity contribution in [1.82, 2.24) is 10.2 Å². The lowest BCUT2D eigenvalue weighted by Crippen LogP contribution is -2.51. The van der Waals surface area contributed by atoms with Gasteiger partial charge in [-0.2, -0.15) is 0 Å². The van der Waals surface area contributed by atoms with Crippen LogP contribution in [0.1, 0.15) is 43.4 Å². The summed E-state index contributed by atoms with van der Waals surface area (Å²) in [4.78, 5) is 28.4. The fourth-order valence-electron chi connectivity index (χ4n) is 4.10. The maximum atomic E-state index is 13.9. The van der Waals surface area contributed by atoms with Crippen molar-refractivity contribution in [1.29, 1.82) is 0 Å². The normalized spacial score (nSPS) is 12.0. The number of aryl methyl sites for hydroxylation is 2. The Hall–Kier alpha value is -3.36. The number of nitrogens with zero attached hydrogens (tertiary/aromatic N) is 2. The van der Waals surface area contributed by atoms with Crippen LogP contribution in [0.15, 0.2) is 77.7 Å². The van der Waals surface area contributed by atoms with Crippen LogP contribution in [-0.4, -0.2) is 44.3 Å². The molecule has 0 aromatic heterocycles. The molecule has 9 heteroatoms. The topological polar surface area (TPSA) is 86.8 Å². The van der Waals surface area contributed by atoms with Crippen LogP contribution in [0, 0.1) is 13.8 Å². The van der Waals surface area contributed by atoms with Crippen LogP contribution in [0.2, 0.25) is 5.02 Å². The Labute approximate surface area is 236 Å². The molecule has 208 valence electrons. The molecule has 3 aromatic rings. The molecule has 1 N–H and O–H groups in total. The summed E-state index contributed by atoms with van der Waals surface area (Å²) in [5.74, 6) is -0.799. The van der Waals surface area contributed by atoms with Gasteiger partial charge in [-0.05, 0) is 62.6 Å². The predicted molar refractivity (Wildman–Crippen MR) is 156 cm³/mol. The second-order valence-corrected chi connectivity index (χ2v) is 11.9. The molecule has 0 aliphatic heterocycles. The van der Waals surface area contributed by atoms with E-state index in [1.807, 2.05) is 44.2 Å². The van der Waals surface area contributed by atoms with Gasteiger partial charge in [0.05, 0.1) is 10.6 Å². The molecule has 0 saturated heterocycles. The van der Waals surface area contributed by atoms with Crippen molar-refractivity contribution >= 4 is 39.1 Å². The molecule has 0 aliphatic rings. The summed E-state index contributed by atoms with van der Waals surface area (Å²) in [5, 5.41) is 3.23. The van der Waals surface area contributed by atoms with Gasteiger partial charge in [0.25, 0.3) is 10.0 Å². The molecular formula is C30H36ClN3O4S. The lowest BCUT2D eigenvalue weighted by atomic mass is 10.1. The summed E-state index contributed by atoms with van der Waals surface area (Å²) in [6.45, 7) is 7.47. The van der Waals surface area contributed by atoms with Crippen molar-refractivity contribution in [2.45, 2.75) is 58.0 Å². The molecule has 0 radical (unpaired) electrons. The number of carbonyl (C=O) groups is 2. The number of nitrogens with one attached hydrogen (secondary N) is 1. The molecule has 0 fully saturated rings. The number of rotatable bonds is 12. The third-order valence-electron chi connectivity index (χ3n) is 6.52. The first-order valence-electron chi connectivity index (χ1n) is 13.0. The Kier molecular flexibility index (Phi) is 10.5. The number of hydrogen-bond acceptors (Lipinski definition) is 4. The van der Waals surface area contributed by atoms with Gasteiger partial charge in [0.2, 0.25) is 11.8 Å². The van der Waals surface area contributed by atoms with Gasteiger partial charge in [-0.1, -0.05) is 79.0 Å². The highest BCUT2D eigenvalue weighted by atomic mass is 35.5. The lowest BCUT2D eigenvalue weighted by molar-refractivity contribution is -0.139. The van der Waals surface area contributed by atoms with E-state index in [2.05, 4.69) is 5.32 Å². The molecule has 0 unspecified atom stereocenters. The smallest absolute Gasteiger partial charge is 0.264 e. The second kappa shape index (κ2) is 13.6. The number of unbranched alkanes of at least 4 members (excludes halogenated alkanes) is 1. The van der Waals surface area contributed by atoms with E-state index in [1.165, 1.54) is 17.0 Å². The monoisotopic (exact) mass is 569 g/mol. The molecule has 0 aliphatic carbocycles. The Morgan fingerprint density at radius 2 is 1.64 bits per heavy atom. The summed E-state index contributed by atoms with van der Waals surface area (Å²) in [6.07, 6.45) is 1.74. The highest BCUT2D eigenvalue weighted by molar-refractivity contribution is 7.92. The van der Waals surface area contributed by atoms with Crippen LogP contribution in [0.4, 0.5) is 5.69 Å². The average molecular weight is 570 g/mol. The molecule has 1 atom stereocenters. The number of halogens is 1. The van der Waals surface area contributed by atoms with Gasteiger partial charge in [0, 0.05) is 18.1 Å². The Morgan fingerprint density at radius 1 is 0.974 bits per heavy atom. The minimum Gasteiger partial charge on any atom is -0.354 e. The summed E-state index contributed by atoms with van der Waals surface area (Å²) < 4.78 is 29.0. The van der Waals surface area contributed by atoms with Crippen LogP contribution in [-0.2, 0) is 26.2 Å². The van der Waals surface area contributed by atoms with E-state index < -0.39 is 28.5 Å². The van der Waals surface area contributed by atoms with E-state index in [0.717, 1.165) is 28.3 Å². The number of anilines is 1. The van der Waals surface area contributed by atoms with Crippen LogP contribution >= 0.6 is 11.6 Å². The molecule has 0 spiro atoms. The average Bonchev–Trinajstić information content (AvgIpc) is 2.92. The molecule has 7 nitrogen and oxygen atoms in total. The number of sulfonamides is 1. The molecule has 3 aromatic carbocycles. The van der Waals surface area contributed by atoms with Crippen LogP contribution < -0.4 is 9.62 Å². The first-order valence-corrected chi connectivity index (χ1v) is 14.8. The minimum absolute atomic E-state index is 0.0558. The zero-order chi connectivity index (χ0) is 28.6. The van der Waals surface area contributed by atoms with Crippen molar-refractivity contribution < 1.29 is 18.0 Å². The maximum Gasteiger partial charge on any atom is 0.264 e. The van der Waals surface area contributed by atoms with Crippen molar-refractivity contribution in [3.05, 3.63) is 94.5 Å². The SMILES string of the molecule is CCCCNC(=O)[C@@H](C)N(Cc1ccccc1)C(=O)CN(c1cc(Cl)ccc1C)S(=O)(=O)c1ccc(C)cc1. The van der Waals surface area contributed by atoms with Gasteiger partial charge in [-0.3, -0.25) is 13.9 Å². The molecule has 39 heavy (non-hydrogen) atoms. The van der Waals surface area contributed by atoms with Crippen molar-refractivity contribution in [3.63, 3.8) is 0 Å². The fourth-order valence-corrected chi connectivity index (χ4v) is 5.74. The van der Waals surface area contributed by atoms with Crippen molar-refractivity contribution in [3.8, 4) is 0 Å². The highest BCUT2D eigenvalue weighted by Crippen LogP contribution is 2.30. The highest BCUT2D eigenvalue weighted by Gasteiger charge is 2.33. The molecule has 0 saturated carbocycles. The Bertz CT molecular complexity index is 1380. The Balaban J connectivity index is 2.03. The van der Waals surface area contributed by atoms with E-state index in [9.17, 15) is 18.0 Å². The molecular weight excluding hydrogens is 534 g/mol. The van der Waals surface area contributed by atoms with Crippen LogP contribution in [0.3, 0.4) is 0 Å². The zero-order valence-electron chi connectivity index (χ0n) is 22.9. The maximum absolute atomic E-state index is 13.9. The van der Waals surface area contributed by atoms with Crippen molar-refractivity contribution in [2.75, 3.05) is 17.4 Å². The second-order valence-electron chi connectivity index (χ2n) is 9.58. The van der Waals surface area contributed by atoms with E-state index in [1.54, 1.807) is 44.2 Å². The summed E-state index contributed by atoms with van der Waals surface area (Å²) in [6, 6.07) is 19.9. The van der Waals surface area contributed by atoms with E-state index in [4.69, 9.17) is 11.6 Å². The number of hydrogen-bond donors (Lipinski definition) is 1. The van der Waals surface area contributed by atoms with E-state index >= 15 is 0 Å².